The Kier molecular flexibility index (Phi) is 3.52. The molecule has 5 nitrogen and oxygen atoms in total. The zero-order chi connectivity index (χ0) is 13.3. The van der Waals surface area contributed by atoms with Gasteiger partial charge in [0.25, 0.3) is 0 Å². The summed E-state index contributed by atoms with van der Waals surface area (Å²) in [5.74, 6) is 1.04. The monoisotopic (exact) mass is 266 g/mol. The van der Waals surface area contributed by atoms with Gasteiger partial charge in [-0.05, 0) is 26.8 Å². The molecule has 0 bridgehead atoms. The lowest BCUT2D eigenvalue weighted by atomic mass is 10.3. The van der Waals surface area contributed by atoms with Crippen molar-refractivity contribution in [2.45, 2.75) is 26.7 Å². The van der Waals surface area contributed by atoms with Gasteiger partial charge in [0.05, 0.1) is 17.3 Å². The van der Waals surface area contributed by atoms with Crippen LogP contribution in [0.3, 0.4) is 0 Å². The molecule has 0 spiro atoms. The first-order valence-electron chi connectivity index (χ1n) is 5.60. The number of alkyl halides is 1. The van der Waals surface area contributed by atoms with E-state index in [4.69, 9.17) is 16.3 Å². The first-order chi connectivity index (χ1) is 8.51. The average molecular weight is 267 g/mol. The van der Waals surface area contributed by atoms with Gasteiger partial charge >= 0.3 is 6.01 Å². The normalized spacial score (nSPS) is 10.7. The van der Waals surface area contributed by atoms with Crippen LogP contribution in [-0.2, 0) is 12.9 Å². The molecule has 0 amide bonds. The zero-order valence-electron chi connectivity index (χ0n) is 10.9. The van der Waals surface area contributed by atoms with Crippen molar-refractivity contribution in [2.24, 2.45) is 7.05 Å². The Morgan fingerprint density at radius 3 is 2.56 bits per heavy atom. The summed E-state index contributed by atoms with van der Waals surface area (Å²) in [5, 5.41) is 4.28. The number of halogens is 1. The van der Waals surface area contributed by atoms with Gasteiger partial charge in [0.1, 0.15) is 5.69 Å². The van der Waals surface area contributed by atoms with E-state index in [2.05, 4.69) is 15.1 Å². The zero-order valence-corrected chi connectivity index (χ0v) is 11.6. The SMILES string of the molecule is Cc1cc(CCl)nc(Oc2c(C)nn(C)c2C)n1. The Hall–Kier alpha value is -1.62. The van der Waals surface area contributed by atoms with Crippen LogP contribution in [0.1, 0.15) is 22.8 Å². The molecule has 0 aliphatic heterocycles. The fourth-order valence-electron chi connectivity index (χ4n) is 1.71. The average Bonchev–Trinajstić information content (AvgIpc) is 2.55. The molecule has 6 heteroatoms. The van der Waals surface area contributed by atoms with Gasteiger partial charge in [0.2, 0.25) is 0 Å². The third-order valence-corrected chi connectivity index (χ3v) is 2.93. The first kappa shape index (κ1) is 12.8. The van der Waals surface area contributed by atoms with Gasteiger partial charge in [-0.15, -0.1) is 11.6 Å². The van der Waals surface area contributed by atoms with E-state index in [1.54, 1.807) is 4.68 Å². The second kappa shape index (κ2) is 4.94. The van der Waals surface area contributed by atoms with E-state index in [9.17, 15) is 0 Å². The predicted molar refractivity (Wildman–Crippen MR) is 69.1 cm³/mol. The van der Waals surface area contributed by atoms with Crippen molar-refractivity contribution in [3.05, 3.63) is 28.8 Å². The minimum atomic E-state index is 0.310. The molecule has 0 aliphatic carbocycles. The van der Waals surface area contributed by atoms with Crippen LogP contribution in [0.15, 0.2) is 6.07 Å². The van der Waals surface area contributed by atoms with Crippen molar-refractivity contribution in [1.82, 2.24) is 19.7 Å². The lowest BCUT2D eigenvalue weighted by Gasteiger charge is -2.06. The molecule has 2 aromatic heterocycles. The van der Waals surface area contributed by atoms with Crippen molar-refractivity contribution in [3.63, 3.8) is 0 Å². The fourth-order valence-corrected chi connectivity index (χ4v) is 1.85. The van der Waals surface area contributed by atoms with Crippen LogP contribution in [0.5, 0.6) is 11.8 Å². The Bertz CT molecular complexity index is 580. The summed E-state index contributed by atoms with van der Waals surface area (Å²) < 4.78 is 7.49. The molecule has 0 atom stereocenters. The van der Waals surface area contributed by atoms with E-state index >= 15 is 0 Å². The smallest absolute Gasteiger partial charge is 0.322 e. The van der Waals surface area contributed by atoms with Gasteiger partial charge < -0.3 is 4.74 Å². The molecule has 18 heavy (non-hydrogen) atoms. The Labute approximate surface area is 111 Å². The number of hydrogen-bond donors (Lipinski definition) is 0. The Morgan fingerprint density at radius 2 is 2.00 bits per heavy atom. The summed E-state index contributed by atoms with van der Waals surface area (Å²) in [6.45, 7) is 5.71. The minimum Gasteiger partial charge on any atom is -0.420 e. The van der Waals surface area contributed by atoms with Crippen LogP contribution in [0, 0.1) is 20.8 Å². The molecule has 2 rings (SSSR count). The van der Waals surface area contributed by atoms with Gasteiger partial charge in [-0.3, -0.25) is 4.68 Å². The molecule has 2 aromatic rings. The second-order valence-corrected chi connectivity index (χ2v) is 4.41. The second-order valence-electron chi connectivity index (χ2n) is 4.14. The van der Waals surface area contributed by atoms with E-state index in [0.717, 1.165) is 22.8 Å². The highest BCUT2D eigenvalue weighted by Gasteiger charge is 2.13. The molecular formula is C12H15ClN4O. The van der Waals surface area contributed by atoms with Crippen molar-refractivity contribution >= 4 is 11.6 Å². The van der Waals surface area contributed by atoms with Crippen molar-refractivity contribution in [1.29, 1.82) is 0 Å². The van der Waals surface area contributed by atoms with Gasteiger partial charge in [0.15, 0.2) is 5.75 Å². The molecule has 0 fully saturated rings. The lowest BCUT2D eigenvalue weighted by Crippen LogP contribution is -1.99. The number of hydrogen-bond acceptors (Lipinski definition) is 4. The predicted octanol–water partition coefficient (Wildman–Crippen LogP) is 2.67. The van der Waals surface area contributed by atoms with Crippen LogP contribution in [0.2, 0.25) is 0 Å². The Balaban J connectivity index is 2.36. The molecule has 0 unspecified atom stereocenters. The number of ether oxygens (including phenoxy) is 1. The third-order valence-electron chi connectivity index (χ3n) is 2.66. The highest BCUT2D eigenvalue weighted by molar-refractivity contribution is 6.16. The largest absolute Gasteiger partial charge is 0.420 e. The van der Waals surface area contributed by atoms with Gasteiger partial charge in [-0.25, -0.2) is 4.98 Å². The maximum atomic E-state index is 5.78. The summed E-state index contributed by atoms with van der Waals surface area (Å²) in [6, 6.07) is 2.15. The maximum Gasteiger partial charge on any atom is 0.322 e. The number of rotatable bonds is 3. The van der Waals surface area contributed by atoms with Crippen LogP contribution in [-0.4, -0.2) is 19.7 Å². The van der Waals surface area contributed by atoms with Crippen LogP contribution in [0.4, 0.5) is 0 Å². The van der Waals surface area contributed by atoms with E-state index in [-0.39, 0.29) is 0 Å². The van der Waals surface area contributed by atoms with Crippen molar-refractivity contribution in [2.75, 3.05) is 0 Å². The summed E-state index contributed by atoms with van der Waals surface area (Å²) in [6.07, 6.45) is 0. The van der Waals surface area contributed by atoms with Gasteiger partial charge in [-0.2, -0.15) is 10.1 Å². The molecule has 0 saturated carbocycles. The summed E-state index contributed by atoms with van der Waals surface area (Å²) in [4.78, 5) is 8.48. The quantitative estimate of drug-likeness (QED) is 0.802. The van der Waals surface area contributed by atoms with E-state index < -0.39 is 0 Å². The molecular weight excluding hydrogens is 252 g/mol. The van der Waals surface area contributed by atoms with Gasteiger partial charge in [-0.1, -0.05) is 0 Å². The van der Waals surface area contributed by atoms with Crippen LogP contribution >= 0.6 is 11.6 Å². The molecule has 0 radical (unpaired) electrons. The van der Waals surface area contributed by atoms with Gasteiger partial charge in [0, 0.05) is 12.7 Å². The summed E-state index contributed by atoms with van der Waals surface area (Å²) in [5.41, 5.74) is 3.32. The molecule has 2 heterocycles. The number of nitrogens with zero attached hydrogens (tertiary/aromatic N) is 4. The minimum absolute atomic E-state index is 0.310. The fraction of sp³-hybridized carbons (Fsp3) is 0.417. The maximum absolute atomic E-state index is 5.78. The van der Waals surface area contributed by atoms with Crippen molar-refractivity contribution < 1.29 is 4.74 Å². The number of aromatic nitrogens is 4. The molecule has 0 N–H and O–H groups in total. The summed E-state index contributed by atoms with van der Waals surface area (Å²) >= 11 is 5.78. The van der Waals surface area contributed by atoms with E-state index in [1.165, 1.54) is 0 Å². The molecule has 0 aromatic carbocycles. The highest BCUT2D eigenvalue weighted by Crippen LogP contribution is 2.26. The van der Waals surface area contributed by atoms with Crippen LogP contribution in [0.25, 0.3) is 0 Å². The Morgan fingerprint density at radius 1 is 1.28 bits per heavy atom. The van der Waals surface area contributed by atoms with Crippen LogP contribution < -0.4 is 4.74 Å². The topological polar surface area (TPSA) is 52.8 Å². The molecule has 0 saturated heterocycles. The first-order valence-corrected chi connectivity index (χ1v) is 6.13. The van der Waals surface area contributed by atoms with E-state index in [0.29, 0.717) is 17.6 Å². The van der Waals surface area contributed by atoms with E-state index in [1.807, 2.05) is 33.9 Å². The van der Waals surface area contributed by atoms with Crippen molar-refractivity contribution in [3.8, 4) is 11.8 Å². The third kappa shape index (κ3) is 2.46. The number of aryl methyl sites for hydroxylation is 3. The lowest BCUT2D eigenvalue weighted by molar-refractivity contribution is 0.432. The molecule has 0 aliphatic rings. The standard InChI is InChI=1S/C12H15ClN4O/c1-7-5-10(6-13)15-12(14-7)18-11-8(2)16-17(4)9(11)3/h5H,6H2,1-4H3. The highest BCUT2D eigenvalue weighted by atomic mass is 35.5. The molecule has 96 valence electrons. The summed E-state index contributed by atoms with van der Waals surface area (Å²) in [7, 11) is 1.87.